The highest BCUT2D eigenvalue weighted by molar-refractivity contribution is 7.84. The number of nitrogens with zero attached hydrogens (tertiary/aromatic N) is 1. The van der Waals surface area contributed by atoms with Gasteiger partial charge in [0.25, 0.3) is 0 Å². The van der Waals surface area contributed by atoms with Crippen molar-refractivity contribution < 1.29 is 27.2 Å². The molecule has 0 saturated carbocycles. The van der Waals surface area contributed by atoms with E-state index in [2.05, 4.69) is 9.71 Å². The quantitative estimate of drug-likeness (QED) is 0.824. The lowest BCUT2D eigenvalue weighted by molar-refractivity contribution is -0.141. The number of aliphatic hydroxyl groups is 1. The zero-order valence-corrected chi connectivity index (χ0v) is 15.3. The summed E-state index contributed by atoms with van der Waals surface area (Å²) in [6, 6.07) is 2.30. The molecule has 0 radical (unpaired) electrons. The average molecular weight is 380 g/mol. The van der Waals surface area contributed by atoms with Crippen molar-refractivity contribution in [2.45, 2.75) is 56.7 Å². The Bertz CT molecular complexity index is 646. The average Bonchev–Trinajstić information content (AvgIpc) is 2.51. The number of aliphatic hydroxyl groups excluding tert-OH is 1. The molecular formula is C16H23F3N2O3S. The summed E-state index contributed by atoms with van der Waals surface area (Å²) in [5.74, 6) is 0. The number of nitrogens with one attached hydrogen (secondary N) is 1. The summed E-state index contributed by atoms with van der Waals surface area (Å²) in [5, 5.41) is 9.20. The van der Waals surface area contributed by atoms with Gasteiger partial charge in [-0.25, -0.2) is 13.9 Å². The van der Waals surface area contributed by atoms with Crippen molar-refractivity contribution in [1.29, 1.82) is 0 Å². The first-order valence-electron chi connectivity index (χ1n) is 7.95. The number of rotatable bonds is 5. The molecule has 0 bridgehead atoms. The summed E-state index contributed by atoms with van der Waals surface area (Å²) in [4.78, 5) is 3.71. The molecule has 2 rings (SSSR count). The molecule has 0 amide bonds. The Morgan fingerprint density at radius 2 is 2.04 bits per heavy atom. The van der Waals surface area contributed by atoms with Crippen molar-refractivity contribution in [3.63, 3.8) is 0 Å². The largest absolute Gasteiger partial charge is 0.433 e. The lowest BCUT2D eigenvalue weighted by Gasteiger charge is -2.40. The smallest absolute Gasteiger partial charge is 0.396 e. The third kappa shape index (κ3) is 4.58. The van der Waals surface area contributed by atoms with Gasteiger partial charge < -0.3 is 9.84 Å². The van der Waals surface area contributed by atoms with Gasteiger partial charge in [0.2, 0.25) is 0 Å². The van der Waals surface area contributed by atoms with E-state index in [4.69, 9.17) is 4.74 Å². The maximum Gasteiger partial charge on any atom is 0.433 e. The Kier molecular flexibility index (Phi) is 5.92. The van der Waals surface area contributed by atoms with Gasteiger partial charge in [-0.2, -0.15) is 13.2 Å². The Morgan fingerprint density at radius 3 is 2.60 bits per heavy atom. The van der Waals surface area contributed by atoms with Crippen LogP contribution in [0.3, 0.4) is 0 Å². The summed E-state index contributed by atoms with van der Waals surface area (Å²) >= 11 is 0. The third-order valence-electron chi connectivity index (χ3n) is 3.97. The molecular weight excluding hydrogens is 357 g/mol. The number of pyridine rings is 1. The molecule has 1 aromatic rings. The molecule has 0 saturated heterocycles. The number of hydrogen-bond donors (Lipinski definition) is 2. The number of aromatic nitrogens is 1. The molecule has 142 valence electrons. The number of hydrogen-bond acceptors (Lipinski definition) is 4. The molecule has 1 aliphatic heterocycles. The van der Waals surface area contributed by atoms with Crippen molar-refractivity contribution >= 4 is 11.0 Å². The number of alkyl halides is 3. The lowest BCUT2D eigenvalue weighted by atomic mass is 9.84. The molecule has 0 aromatic carbocycles. The Labute approximate surface area is 147 Å². The zero-order chi connectivity index (χ0) is 18.9. The van der Waals surface area contributed by atoms with Crippen molar-refractivity contribution in [3.05, 3.63) is 29.1 Å². The van der Waals surface area contributed by atoms with Crippen LogP contribution in [0.25, 0.3) is 0 Å². The van der Waals surface area contributed by atoms with Crippen LogP contribution >= 0.6 is 0 Å². The minimum absolute atomic E-state index is 0.0377. The van der Waals surface area contributed by atoms with Crippen LogP contribution in [0, 0.1) is 0 Å². The minimum atomic E-state index is -4.54. The third-order valence-corrected chi connectivity index (χ3v) is 5.66. The number of fused-ring (bicyclic) bond motifs is 1. The van der Waals surface area contributed by atoms with E-state index in [1.807, 2.05) is 0 Å². The van der Waals surface area contributed by atoms with Crippen LogP contribution in [0.1, 0.15) is 50.6 Å². The van der Waals surface area contributed by atoms with E-state index in [9.17, 15) is 22.5 Å². The summed E-state index contributed by atoms with van der Waals surface area (Å²) in [6.07, 6.45) is -3.79. The van der Waals surface area contributed by atoms with Gasteiger partial charge in [0, 0.05) is 6.61 Å². The fourth-order valence-electron chi connectivity index (χ4n) is 2.66. The topological polar surface area (TPSA) is 71.5 Å². The van der Waals surface area contributed by atoms with Gasteiger partial charge in [0.15, 0.2) is 0 Å². The summed E-state index contributed by atoms with van der Waals surface area (Å²) in [7, 11) is -1.47. The molecule has 2 atom stereocenters. The number of ether oxygens (including phenoxy) is 1. The lowest BCUT2D eigenvalue weighted by Crippen LogP contribution is -2.53. The molecule has 25 heavy (non-hydrogen) atoms. The SMILES string of the molecule is CC(C)(C)S(=O)NC1(CCCO)COCc2nc(C(F)(F)F)ccc21. The van der Waals surface area contributed by atoms with Gasteiger partial charge >= 0.3 is 6.18 Å². The van der Waals surface area contributed by atoms with E-state index in [-0.39, 0.29) is 25.5 Å². The highest BCUT2D eigenvalue weighted by atomic mass is 32.2. The van der Waals surface area contributed by atoms with Crippen LogP contribution in [-0.2, 0) is 34.0 Å². The normalized spacial score (nSPS) is 22.5. The predicted octanol–water partition coefficient (Wildman–Crippen LogP) is 2.65. The van der Waals surface area contributed by atoms with Crippen molar-refractivity contribution in [2.24, 2.45) is 0 Å². The maximum atomic E-state index is 12.9. The summed E-state index contributed by atoms with van der Waals surface area (Å²) in [5.41, 5.74) is -1.22. The van der Waals surface area contributed by atoms with Crippen LogP contribution in [0.15, 0.2) is 12.1 Å². The van der Waals surface area contributed by atoms with E-state index in [1.165, 1.54) is 6.07 Å². The summed E-state index contributed by atoms with van der Waals surface area (Å²) in [6.45, 7) is 5.41. The molecule has 2 unspecified atom stereocenters. The molecule has 5 nitrogen and oxygen atoms in total. The fourth-order valence-corrected chi connectivity index (χ4v) is 3.59. The van der Waals surface area contributed by atoms with Crippen molar-refractivity contribution in [1.82, 2.24) is 9.71 Å². The number of halogens is 3. The standard InChI is InChI=1S/C16H23F3N2O3S/c1-14(2,3)25(23)21-15(7-4-8-22)10-24-9-12-11(15)5-6-13(20-12)16(17,18)19/h5-6,21-22H,4,7-10H2,1-3H3. The van der Waals surface area contributed by atoms with Gasteiger partial charge in [-0.05, 0) is 45.2 Å². The second kappa shape index (κ2) is 7.30. The van der Waals surface area contributed by atoms with Crippen LogP contribution in [0.2, 0.25) is 0 Å². The van der Waals surface area contributed by atoms with Crippen LogP contribution in [0.5, 0.6) is 0 Å². The van der Waals surface area contributed by atoms with E-state index in [1.54, 1.807) is 20.8 Å². The maximum absolute atomic E-state index is 12.9. The molecule has 2 N–H and O–H groups in total. The summed E-state index contributed by atoms with van der Waals surface area (Å²) < 4.78 is 59.3. The van der Waals surface area contributed by atoms with Crippen molar-refractivity contribution in [3.8, 4) is 0 Å². The fraction of sp³-hybridized carbons (Fsp3) is 0.688. The second-order valence-electron chi connectivity index (χ2n) is 7.07. The predicted molar refractivity (Wildman–Crippen MR) is 87.9 cm³/mol. The first-order valence-corrected chi connectivity index (χ1v) is 9.10. The minimum Gasteiger partial charge on any atom is -0.396 e. The van der Waals surface area contributed by atoms with Gasteiger partial charge in [-0.3, -0.25) is 0 Å². The van der Waals surface area contributed by atoms with E-state index in [0.29, 0.717) is 18.4 Å². The Morgan fingerprint density at radius 1 is 1.36 bits per heavy atom. The Balaban J connectivity index is 2.47. The van der Waals surface area contributed by atoms with Gasteiger partial charge in [0.05, 0.1) is 40.2 Å². The highest BCUT2D eigenvalue weighted by Gasteiger charge is 2.42. The Hall–Kier alpha value is -1.03. The van der Waals surface area contributed by atoms with Gasteiger partial charge in [0.1, 0.15) is 5.69 Å². The van der Waals surface area contributed by atoms with Crippen LogP contribution in [0.4, 0.5) is 13.2 Å². The molecule has 1 aliphatic rings. The van der Waals surface area contributed by atoms with E-state index < -0.39 is 33.1 Å². The van der Waals surface area contributed by atoms with Gasteiger partial charge in [-0.15, -0.1) is 0 Å². The first-order chi connectivity index (χ1) is 11.5. The van der Waals surface area contributed by atoms with Crippen molar-refractivity contribution in [2.75, 3.05) is 13.2 Å². The monoisotopic (exact) mass is 380 g/mol. The van der Waals surface area contributed by atoms with Gasteiger partial charge in [-0.1, -0.05) is 6.07 Å². The zero-order valence-electron chi connectivity index (χ0n) is 14.4. The molecule has 0 spiro atoms. The van der Waals surface area contributed by atoms with E-state index in [0.717, 1.165) is 6.07 Å². The molecule has 9 heteroatoms. The second-order valence-corrected chi connectivity index (χ2v) is 9.04. The van der Waals surface area contributed by atoms with E-state index >= 15 is 0 Å². The molecule has 0 fully saturated rings. The highest BCUT2D eigenvalue weighted by Crippen LogP contribution is 2.37. The molecule has 2 heterocycles. The van der Waals surface area contributed by atoms with Crippen LogP contribution < -0.4 is 4.72 Å². The first kappa shape index (κ1) is 20.3. The molecule has 1 aromatic heterocycles. The van der Waals surface area contributed by atoms with Crippen LogP contribution in [-0.4, -0.2) is 32.3 Å². The molecule has 0 aliphatic carbocycles.